The van der Waals surface area contributed by atoms with Crippen molar-refractivity contribution in [2.24, 2.45) is 0 Å². The third-order valence-corrected chi connectivity index (χ3v) is 4.72. The van der Waals surface area contributed by atoms with Gasteiger partial charge in [-0.25, -0.2) is 0 Å². The first-order valence-electron chi connectivity index (χ1n) is 7.45. The second-order valence-electron chi connectivity index (χ2n) is 6.77. The van der Waals surface area contributed by atoms with Gasteiger partial charge in [-0.05, 0) is 47.0 Å². The highest BCUT2D eigenvalue weighted by Crippen LogP contribution is 2.36. The van der Waals surface area contributed by atoms with E-state index in [1.54, 1.807) is 0 Å². The molecule has 1 fully saturated rings. The summed E-state index contributed by atoms with van der Waals surface area (Å²) in [6.45, 7) is 8.28. The fraction of sp³-hybridized carbons (Fsp3) is 0.667. The van der Waals surface area contributed by atoms with Crippen molar-refractivity contribution < 1.29 is 9.31 Å². The lowest BCUT2D eigenvalue weighted by molar-refractivity contribution is 0.00578. The SMILES string of the molecule is CC1(C)OB(c2cnn(C3C=CCCC3)c2)OC1(C)C. The molecule has 20 heavy (non-hydrogen) atoms. The summed E-state index contributed by atoms with van der Waals surface area (Å²) < 4.78 is 14.1. The van der Waals surface area contributed by atoms with Crippen molar-refractivity contribution in [1.29, 1.82) is 0 Å². The first kappa shape index (κ1) is 13.9. The molecule has 0 radical (unpaired) electrons. The van der Waals surface area contributed by atoms with Gasteiger partial charge in [0.05, 0.1) is 17.2 Å². The van der Waals surface area contributed by atoms with E-state index in [0.717, 1.165) is 11.9 Å². The average Bonchev–Trinajstić information content (AvgIpc) is 2.94. The molecule has 0 aromatic carbocycles. The normalized spacial score (nSPS) is 28.0. The van der Waals surface area contributed by atoms with E-state index in [4.69, 9.17) is 9.31 Å². The van der Waals surface area contributed by atoms with Crippen LogP contribution in [0.4, 0.5) is 0 Å². The molecular weight excluding hydrogens is 251 g/mol. The van der Waals surface area contributed by atoms with Gasteiger partial charge in [0.15, 0.2) is 0 Å². The molecule has 2 heterocycles. The number of nitrogens with zero attached hydrogens (tertiary/aromatic N) is 2. The molecule has 0 amide bonds. The zero-order chi connectivity index (χ0) is 14.4. The van der Waals surface area contributed by atoms with Crippen LogP contribution in [0.5, 0.6) is 0 Å². The Labute approximate surface area is 121 Å². The summed E-state index contributed by atoms with van der Waals surface area (Å²) in [7, 11) is -0.318. The molecule has 0 N–H and O–H groups in total. The molecule has 4 nitrogen and oxygen atoms in total. The predicted octanol–water partition coefficient (Wildman–Crippen LogP) is 2.46. The third-order valence-electron chi connectivity index (χ3n) is 4.72. The Kier molecular flexibility index (Phi) is 3.29. The van der Waals surface area contributed by atoms with Crippen LogP contribution in [0.15, 0.2) is 24.5 Å². The summed E-state index contributed by atoms with van der Waals surface area (Å²) in [5.41, 5.74) is 0.400. The standard InChI is InChI=1S/C15H23BN2O2/c1-14(2)15(3,4)20-16(19-14)12-10-17-18(11-12)13-8-6-5-7-9-13/h6,8,10-11,13H,5,7,9H2,1-4H3. The second-order valence-corrected chi connectivity index (χ2v) is 6.77. The average molecular weight is 274 g/mol. The highest BCUT2D eigenvalue weighted by molar-refractivity contribution is 6.62. The minimum Gasteiger partial charge on any atom is -0.399 e. The molecule has 1 aliphatic heterocycles. The van der Waals surface area contributed by atoms with Gasteiger partial charge in [-0.1, -0.05) is 12.2 Å². The number of rotatable bonds is 2. The summed E-state index contributed by atoms with van der Waals surface area (Å²) in [5, 5.41) is 4.49. The van der Waals surface area contributed by atoms with Crippen molar-refractivity contribution in [3.8, 4) is 0 Å². The van der Waals surface area contributed by atoms with Crippen LogP contribution in [0, 0.1) is 0 Å². The lowest BCUT2D eigenvalue weighted by Gasteiger charge is -2.32. The largest absolute Gasteiger partial charge is 0.498 e. The van der Waals surface area contributed by atoms with Crippen molar-refractivity contribution in [2.75, 3.05) is 0 Å². The maximum Gasteiger partial charge on any atom is 0.498 e. The van der Waals surface area contributed by atoms with Crippen LogP contribution in [-0.4, -0.2) is 28.1 Å². The van der Waals surface area contributed by atoms with E-state index in [-0.39, 0.29) is 18.3 Å². The van der Waals surface area contributed by atoms with Crippen LogP contribution in [0.1, 0.15) is 53.0 Å². The maximum atomic E-state index is 6.06. The molecular formula is C15H23BN2O2. The smallest absolute Gasteiger partial charge is 0.399 e. The van der Waals surface area contributed by atoms with E-state index in [9.17, 15) is 0 Å². The molecule has 108 valence electrons. The van der Waals surface area contributed by atoms with Crippen LogP contribution in [0.25, 0.3) is 0 Å². The topological polar surface area (TPSA) is 36.3 Å². The molecule has 2 aliphatic rings. The van der Waals surface area contributed by atoms with Gasteiger partial charge in [0, 0.05) is 17.9 Å². The lowest BCUT2D eigenvalue weighted by Crippen LogP contribution is -2.41. The van der Waals surface area contributed by atoms with Gasteiger partial charge in [0.25, 0.3) is 0 Å². The number of hydrogen-bond donors (Lipinski definition) is 0. The van der Waals surface area contributed by atoms with Gasteiger partial charge in [0.2, 0.25) is 0 Å². The first-order chi connectivity index (χ1) is 9.39. The van der Waals surface area contributed by atoms with E-state index in [1.807, 2.05) is 10.9 Å². The molecule has 5 heteroatoms. The molecule has 1 saturated heterocycles. The quantitative estimate of drug-likeness (QED) is 0.614. The Morgan fingerprint density at radius 1 is 1.25 bits per heavy atom. The summed E-state index contributed by atoms with van der Waals surface area (Å²) in [4.78, 5) is 0. The zero-order valence-corrected chi connectivity index (χ0v) is 12.8. The van der Waals surface area contributed by atoms with E-state index < -0.39 is 0 Å². The zero-order valence-electron chi connectivity index (χ0n) is 12.8. The number of hydrogen-bond acceptors (Lipinski definition) is 3. The minimum atomic E-state index is -0.318. The van der Waals surface area contributed by atoms with Crippen LogP contribution < -0.4 is 5.46 Å². The summed E-state index contributed by atoms with van der Waals surface area (Å²) in [5.74, 6) is 0. The van der Waals surface area contributed by atoms with E-state index in [2.05, 4.69) is 51.1 Å². The van der Waals surface area contributed by atoms with Gasteiger partial charge in [-0.15, -0.1) is 0 Å². The van der Waals surface area contributed by atoms with E-state index in [0.29, 0.717) is 6.04 Å². The van der Waals surface area contributed by atoms with Gasteiger partial charge < -0.3 is 9.31 Å². The Morgan fingerprint density at radius 2 is 1.95 bits per heavy atom. The fourth-order valence-corrected chi connectivity index (χ4v) is 2.65. The third kappa shape index (κ3) is 2.33. The van der Waals surface area contributed by atoms with Crippen molar-refractivity contribution in [3.05, 3.63) is 24.5 Å². The number of allylic oxidation sites excluding steroid dienone is 2. The molecule has 0 spiro atoms. The first-order valence-corrected chi connectivity index (χ1v) is 7.45. The van der Waals surface area contributed by atoms with Gasteiger partial charge in [0.1, 0.15) is 0 Å². The molecule has 1 atom stereocenters. The minimum absolute atomic E-state index is 0.301. The van der Waals surface area contributed by atoms with Crippen molar-refractivity contribution >= 4 is 12.6 Å². The molecule has 1 aromatic heterocycles. The number of aromatic nitrogens is 2. The molecule has 1 unspecified atom stereocenters. The van der Waals surface area contributed by atoms with Gasteiger partial charge in [-0.3, -0.25) is 4.68 Å². The van der Waals surface area contributed by atoms with Crippen LogP contribution in [-0.2, 0) is 9.31 Å². The monoisotopic (exact) mass is 274 g/mol. The Bertz CT molecular complexity index is 506. The summed E-state index contributed by atoms with van der Waals surface area (Å²) in [6, 6.07) is 0.375. The van der Waals surface area contributed by atoms with Gasteiger partial charge in [-0.2, -0.15) is 5.10 Å². The van der Waals surface area contributed by atoms with E-state index >= 15 is 0 Å². The Morgan fingerprint density at radius 3 is 2.55 bits per heavy atom. The Hall–Kier alpha value is -1.07. The van der Waals surface area contributed by atoms with Crippen molar-refractivity contribution in [1.82, 2.24) is 9.78 Å². The Balaban J connectivity index is 1.78. The highest BCUT2D eigenvalue weighted by Gasteiger charge is 2.52. The van der Waals surface area contributed by atoms with E-state index in [1.165, 1.54) is 12.8 Å². The van der Waals surface area contributed by atoms with Crippen LogP contribution >= 0.6 is 0 Å². The van der Waals surface area contributed by atoms with Crippen LogP contribution in [0.2, 0.25) is 0 Å². The van der Waals surface area contributed by atoms with Gasteiger partial charge >= 0.3 is 7.12 Å². The lowest BCUT2D eigenvalue weighted by atomic mass is 9.82. The predicted molar refractivity (Wildman–Crippen MR) is 80.0 cm³/mol. The maximum absolute atomic E-state index is 6.06. The summed E-state index contributed by atoms with van der Waals surface area (Å²) >= 11 is 0. The summed E-state index contributed by atoms with van der Waals surface area (Å²) in [6.07, 6.45) is 12.0. The second kappa shape index (κ2) is 4.74. The van der Waals surface area contributed by atoms with Crippen molar-refractivity contribution in [2.45, 2.75) is 64.2 Å². The molecule has 3 rings (SSSR count). The molecule has 1 aliphatic carbocycles. The fourth-order valence-electron chi connectivity index (χ4n) is 2.65. The molecule has 0 bridgehead atoms. The van der Waals surface area contributed by atoms with Crippen LogP contribution in [0.3, 0.4) is 0 Å². The molecule has 1 aromatic rings. The van der Waals surface area contributed by atoms with Crippen molar-refractivity contribution in [3.63, 3.8) is 0 Å². The highest BCUT2D eigenvalue weighted by atomic mass is 16.7. The molecule has 0 saturated carbocycles.